The second kappa shape index (κ2) is 7.43. The number of amides is 1. The average Bonchev–Trinajstić information content (AvgIpc) is 2.64. The van der Waals surface area contributed by atoms with Gasteiger partial charge in [-0.1, -0.05) is 6.07 Å². The first-order valence-corrected chi connectivity index (χ1v) is 7.44. The fourth-order valence-corrected chi connectivity index (χ4v) is 2.57. The van der Waals surface area contributed by atoms with Gasteiger partial charge in [0, 0.05) is 13.1 Å². The Hall–Kier alpha value is -1.59. The Labute approximate surface area is 126 Å². The summed E-state index contributed by atoms with van der Waals surface area (Å²) in [6.07, 6.45) is 1.11. The molecule has 2 rings (SSSR count). The summed E-state index contributed by atoms with van der Waals surface area (Å²) in [4.78, 5) is 16.7. The highest BCUT2D eigenvalue weighted by Gasteiger charge is 2.16. The normalized spacial score (nSPS) is 17.3. The molecule has 0 radical (unpaired) electrons. The molecule has 0 atom stereocenters. The first-order chi connectivity index (χ1) is 10.1. The molecule has 5 nitrogen and oxygen atoms in total. The van der Waals surface area contributed by atoms with E-state index in [1.807, 2.05) is 25.1 Å². The van der Waals surface area contributed by atoms with E-state index in [-0.39, 0.29) is 5.91 Å². The molecule has 1 heterocycles. The van der Waals surface area contributed by atoms with Crippen molar-refractivity contribution < 1.29 is 9.53 Å². The van der Waals surface area contributed by atoms with E-state index in [1.165, 1.54) is 0 Å². The van der Waals surface area contributed by atoms with Crippen molar-refractivity contribution in [1.29, 1.82) is 0 Å². The van der Waals surface area contributed by atoms with E-state index < -0.39 is 0 Å². The highest BCUT2D eigenvalue weighted by Crippen LogP contribution is 2.25. The Kier molecular flexibility index (Phi) is 5.59. The van der Waals surface area contributed by atoms with E-state index in [0.717, 1.165) is 43.9 Å². The maximum Gasteiger partial charge on any atom is 0.238 e. The minimum absolute atomic E-state index is 0.0171. The van der Waals surface area contributed by atoms with Gasteiger partial charge in [-0.15, -0.1) is 0 Å². The van der Waals surface area contributed by atoms with E-state index in [1.54, 1.807) is 7.11 Å². The second-order valence-corrected chi connectivity index (χ2v) is 5.68. The van der Waals surface area contributed by atoms with Crippen LogP contribution in [-0.4, -0.2) is 62.6 Å². The number of methoxy groups -OCH3 is 1. The second-order valence-electron chi connectivity index (χ2n) is 5.68. The van der Waals surface area contributed by atoms with E-state index >= 15 is 0 Å². The Morgan fingerprint density at radius 1 is 1.29 bits per heavy atom. The van der Waals surface area contributed by atoms with Gasteiger partial charge in [-0.3, -0.25) is 9.69 Å². The molecule has 0 spiro atoms. The van der Waals surface area contributed by atoms with E-state index in [4.69, 9.17) is 4.74 Å². The number of carbonyl (C=O) groups excluding carboxylic acids is 1. The van der Waals surface area contributed by atoms with E-state index in [0.29, 0.717) is 12.3 Å². The number of nitrogens with zero attached hydrogens (tertiary/aromatic N) is 2. The van der Waals surface area contributed by atoms with Crippen LogP contribution in [0.15, 0.2) is 18.2 Å². The van der Waals surface area contributed by atoms with Gasteiger partial charge in [0.2, 0.25) is 5.91 Å². The first-order valence-electron chi connectivity index (χ1n) is 7.44. The van der Waals surface area contributed by atoms with E-state index in [9.17, 15) is 4.79 Å². The molecule has 1 saturated heterocycles. The van der Waals surface area contributed by atoms with Gasteiger partial charge >= 0.3 is 0 Å². The van der Waals surface area contributed by atoms with Gasteiger partial charge < -0.3 is 15.0 Å². The molecule has 0 unspecified atom stereocenters. The quantitative estimate of drug-likeness (QED) is 0.915. The lowest BCUT2D eigenvalue weighted by Gasteiger charge is -2.20. The molecule has 0 aromatic heterocycles. The predicted octanol–water partition coefficient (Wildman–Crippen LogP) is 1.58. The van der Waals surface area contributed by atoms with Gasteiger partial charge in [-0.2, -0.15) is 0 Å². The van der Waals surface area contributed by atoms with Gasteiger partial charge in [0.1, 0.15) is 5.75 Å². The van der Waals surface area contributed by atoms with E-state index in [2.05, 4.69) is 22.2 Å². The van der Waals surface area contributed by atoms with Crippen LogP contribution in [0, 0.1) is 6.92 Å². The van der Waals surface area contributed by atoms with Crippen molar-refractivity contribution in [2.45, 2.75) is 13.3 Å². The molecular weight excluding hydrogens is 266 g/mol. The summed E-state index contributed by atoms with van der Waals surface area (Å²) in [6, 6.07) is 5.79. The van der Waals surface area contributed by atoms with Crippen LogP contribution in [0.25, 0.3) is 0 Å². The first kappa shape index (κ1) is 15.8. The van der Waals surface area contributed by atoms with Crippen molar-refractivity contribution >= 4 is 11.6 Å². The summed E-state index contributed by atoms with van der Waals surface area (Å²) in [5.41, 5.74) is 1.84. The molecule has 116 valence electrons. The van der Waals surface area contributed by atoms with Crippen molar-refractivity contribution in [2.24, 2.45) is 0 Å². The van der Waals surface area contributed by atoms with Crippen molar-refractivity contribution in [1.82, 2.24) is 9.80 Å². The Bertz CT molecular complexity index is 490. The van der Waals surface area contributed by atoms with Crippen LogP contribution in [0.5, 0.6) is 5.75 Å². The van der Waals surface area contributed by atoms with Crippen LogP contribution in [0.3, 0.4) is 0 Å². The number of aryl methyl sites for hydroxylation is 1. The summed E-state index contributed by atoms with van der Waals surface area (Å²) in [5, 5.41) is 2.96. The minimum Gasteiger partial charge on any atom is -0.495 e. The Morgan fingerprint density at radius 2 is 2.10 bits per heavy atom. The molecule has 1 N–H and O–H groups in total. The third-order valence-electron chi connectivity index (χ3n) is 3.81. The number of anilines is 1. The van der Waals surface area contributed by atoms with Gasteiger partial charge in [-0.25, -0.2) is 0 Å². The number of carbonyl (C=O) groups is 1. The molecule has 5 heteroatoms. The summed E-state index contributed by atoms with van der Waals surface area (Å²) in [5.74, 6) is 0.716. The topological polar surface area (TPSA) is 44.8 Å². The lowest BCUT2D eigenvalue weighted by atomic mass is 10.2. The standard InChI is InChI=1S/C16H25N3O2/c1-13-5-6-15(21-3)14(11-13)17-16(20)12-19-8-4-7-18(2)9-10-19/h5-6,11H,4,7-10,12H2,1-3H3,(H,17,20). The smallest absolute Gasteiger partial charge is 0.238 e. The lowest BCUT2D eigenvalue weighted by Crippen LogP contribution is -2.35. The third kappa shape index (κ3) is 4.72. The zero-order valence-electron chi connectivity index (χ0n) is 13.2. The number of hydrogen-bond acceptors (Lipinski definition) is 4. The van der Waals surface area contributed by atoms with Crippen molar-refractivity contribution in [3.8, 4) is 5.75 Å². The molecule has 0 saturated carbocycles. The average molecular weight is 291 g/mol. The Morgan fingerprint density at radius 3 is 2.86 bits per heavy atom. The van der Waals surface area contributed by atoms with Crippen LogP contribution < -0.4 is 10.1 Å². The summed E-state index contributed by atoms with van der Waals surface area (Å²) in [7, 11) is 3.74. The Balaban J connectivity index is 1.93. The molecule has 1 aliphatic heterocycles. The number of ether oxygens (including phenoxy) is 1. The highest BCUT2D eigenvalue weighted by molar-refractivity contribution is 5.93. The van der Waals surface area contributed by atoms with Crippen molar-refractivity contribution in [3.63, 3.8) is 0 Å². The minimum atomic E-state index is 0.0171. The molecule has 1 aromatic carbocycles. The van der Waals surface area contributed by atoms with Crippen LogP contribution in [0.1, 0.15) is 12.0 Å². The van der Waals surface area contributed by atoms with Gasteiger partial charge in [0.05, 0.1) is 19.3 Å². The zero-order chi connectivity index (χ0) is 15.2. The maximum atomic E-state index is 12.2. The maximum absolute atomic E-state index is 12.2. The van der Waals surface area contributed by atoms with Gasteiger partial charge in [-0.05, 0) is 51.2 Å². The number of nitrogens with one attached hydrogen (secondary N) is 1. The summed E-state index contributed by atoms with van der Waals surface area (Å²) >= 11 is 0. The summed E-state index contributed by atoms with van der Waals surface area (Å²) < 4.78 is 5.29. The lowest BCUT2D eigenvalue weighted by molar-refractivity contribution is -0.117. The molecular formula is C16H25N3O2. The SMILES string of the molecule is COc1ccc(C)cc1NC(=O)CN1CCCN(C)CC1. The number of hydrogen-bond donors (Lipinski definition) is 1. The monoisotopic (exact) mass is 291 g/mol. The zero-order valence-corrected chi connectivity index (χ0v) is 13.2. The number of rotatable bonds is 4. The summed E-state index contributed by atoms with van der Waals surface area (Å²) in [6.45, 7) is 6.47. The fourth-order valence-electron chi connectivity index (χ4n) is 2.57. The molecule has 0 aliphatic carbocycles. The molecule has 1 amide bonds. The van der Waals surface area contributed by atoms with Crippen LogP contribution in [-0.2, 0) is 4.79 Å². The number of benzene rings is 1. The van der Waals surface area contributed by atoms with Crippen LogP contribution in [0.2, 0.25) is 0 Å². The molecule has 1 aromatic rings. The fraction of sp³-hybridized carbons (Fsp3) is 0.562. The molecule has 0 bridgehead atoms. The van der Waals surface area contributed by atoms with Gasteiger partial charge in [0.25, 0.3) is 0 Å². The molecule has 1 fully saturated rings. The van der Waals surface area contributed by atoms with Crippen molar-refractivity contribution in [2.75, 3.05) is 52.2 Å². The third-order valence-corrected chi connectivity index (χ3v) is 3.81. The van der Waals surface area contributed by atoms with Gasteiger partial charge in [0.15, 0.2) is 0 Å². The van der Waals surface area contributed by atoms with Crippen molar-refractivity contribution in [3.05, 3.63) is 23.8 Å². The van der Waals surface area contributed by atoms with Crippen LogP contribution >= 0.6 is 0 Å². The van der Waals surface area contributed by atoms with Crippen LogP contribution in [0.4, 0.5) is 5.69 Å². The molecule has 21 heavy (non-hydrogen) atoms. The number of likely N-dealkylation sites (N-methyl/N-ethyl adjacent to an activating group) is 1. The molecule has 1 aliphatic rings. The largest absolute Gasteiger partial charge is 0.495 e. The predicted molar refractivity (Wildman–Crippen MR) is 84.9 cm³/mol. The highest BCUT2D eigenvalue weighted by atomic mass is 16.5.